The van der Waals surface area contributed by atoms with Gasteiger partial charge in [-0.2, -0.15) is 0 Å². The van der Waals surface area contributed by atoms with Crippen LogP contribution < -0.4 is 10.6 Å². The van der Waals surface area contributed by atoms with Crippen molar-refractivity contribution < 1.29 is 0 Å². The number of nitrogens with zero attached hydrogens (tertiary/aromatic N) is 1. The van der Waals surface area contributed by atoms with E-state index in [1.807, 2.05) is 6.20 Å². The van der Waals surface area contributed by atoms with Crippen LogP contribution in [0.4, 0.5) is 11.4 Å². The molecule has 0 bridgehead atoms. The van der Waals surface area contributed by atoms with Crippen LogP contribution in [0.5, 0.6) is 0 Å². The molecule has 0 unspecified atom stereocenters. The van der Waals surface area contributed by atoms with Crippen LogP contribution in [0.1, 0.15) is 35.2 Å². The van der Waals surface area contributed by atoms with Crippen molar-refractivity contribution in [2.45, 2.75) is 38.6 Å². The fraction of sp³-hybridized carbons (Fsp3) is 0.350. The number of pyridine rings is 1. The second-order valence-electron chi connectivity index (χ2n) is 6.91. The molecule has 1 aliphatic heterocycles. The highest BCUT2D eigenvalue weighted by atomic mass is 15.0. The quantitative estimate of drug-likeness (QED) is 0.673. The fourth-order valence-electron chi connectivity index (χ4n) is 4.14. The Hall–Kier alpha value is -2.33. The summed E-state index contributed by atoms with van der Waals surface area (Å²) in [5.74, 6) is 0. The van der Waals surface area contributed by atoms with Crippen LogP contribution in [0.25, 0.3) is 11.0 Å². The summed E-state index contributed by atoms with van der Waals surface area (Å²) in [7, 11) is 0. The van der Waals surface area contributed by atoms with Gasteiger partial charge in [0.15, 0.2) is 0 Å². The number of rotatable bonds is 2. The average Bonchev–Trinajstić information content (AvgIpc) is 3.01. The minimum Gasteiger partial charge on any atom is -0.355 e. The lowest BCUT2D eigenvalue weighted by Crippen LogP contribution is -2.23. The maximum atomic E-state index is 4.54. The van der Waals surface area contributed by atoms with Gasteiger partial charge in [0.05, 0.1) is 5.69 Å². The SMILES string of the molecule is c1cc(Nc2ccc3c(c2)CCCC3)c2c3c([nH]c2n1)CCNC3. The Labute approximate surface area is 141 Å². The van der Waals surface area contributed by atoms with Crippen LogP contribution in [0.15, 0.2) is 30.5 Å². The third-order valence-electron chi connectivity index (χ3n) is 5.37. The van der Waals surface area contributed by atoms with Gasteiger partial charge in [0, 0.05) is 42.5 Å². The fourth-order valence-corrected chi connectivity index (χ4v) is 4.14. The molecule has 4 nitrogen and oxygen atoms in total. The van der Waals surface area contributed by atoms with Gasteiger partial charge in [0.2, 0.25) is 0 Å². The number of nitrogens with one attached hydrogen (secondary N) is 3. The summed E-state index contributed by atoms with van der Waals surface area (Å²) in [6, 6.07) is 8.93. The Bertz CT molecular complexity index is 909. The number of benzene rings is 1. The standard InChI is InChI=1S/C20H22N4/c1-2-4-14-11-15(6-5-13(14)3-1)23-18-8-10-22-20-19(18)16-12-21-9-7-17(16)24-20/h5-6,8,10-11,21H,1-4,7,9,12H2,(H2,22,23,24). The average molecular weight is 318 g/mol. The van der Waals surface area contributed by atoms with Crippen LogP contribution in [0, 0.1) is 0 Å². The zero-order valence-electron chi connectivity index (χ0n) is 13.8. The van der Waals surface area contributed by atoms with E-state index in [-0.39, 0.29) is 0 Å². The smallest absolute Gasteiger partial charge is 0.139 e. The first-order chi connectivity index (χ1) is 11.9. The predicted molar refractivity (Wildman–Crippen MR) is 97.9 cm³/mol. The molecule has 0 radical (unpaired) electrons. The molecule has 2 aromatic heterocycles. The molecule has 2 aliphatic rings. The summed E-state index contributed by atoms with van der Waals surface area (Å²) in [4.78, 5) is 8.04. The molecule has 3 heterocycles. The topological polar surface area (TPSA) is 52.7 Å². The monoisotopic (exact) mass is 318 g/mol. The van der Waals surface area contributed by atoms with E-state index in [4.69, 9.17) is 0 Å². The molecular formula is C20H22N4. The number of fused-ring (bicyclic) bond motifs is 4. The van der Waals surface area contributed by atoms with Crippen LogP contribution in [-0.2, 0) is 25.8 Å². The molecule has 0 fully saturated rings. The maximum Gasteiger partial charge on any atom is 0.139 e. The Balaban J connectivity index is 1.56. The molecule has 0 atom stereocenters. The number of aryl methyl sites for hydroxylation is 2. The highest BCUT2D eigenvalue weighted by molar-refractivity contribution is 5.95. The third kappa shape index (κ3) is 2.29. The largest absolute Gasteiger partial charge is 0.355 e. The molecule has 3 aromatic rings. The van der Waals surface area contributed by atoms with Crippen LogP contribution in [0.2, 0.25) is 0 Å². The van der Waals surface area contributed by atoms with Crippen molar-refractivity contribution in [1.82, 2.24) is 15.3 Å². The van der Waals surface area contributed by atoms with Crippen molar-refractivity contribution in [2.24, 2.45) is 0 Å². The van der Waals surface area contributed by atoms with Gasteiger partial charge >= 0.3 is 0 Å². The number of hydrogen-bond donors (Lipinski definition) is 3. The van der Waals surface area contributed by atoms with E-state index in [1.54, 1.807) is 0 Å². The summed E-state index contributed by atoms with van der Waals surface area (Å²) < 4.78 is 0. The van der Waals surface area contributed by atoms with Gasteiger partial charge in [-0.1, -0.05) is 6.07 Å². The summed E-state index contributed by atoms with van der Waals surface area (Å²) in [6.07, 6.45) is 8.01. The van der Waals surface area contributed by atoms with Gasteiger partial charge in [-0.05, 0) is 60.6 Å². The molecule has 0 saturated carbocycles. The molecule has 0 amide bonds. The molecule has 0 saturated heterocycles. The predicted octanol–water partition coefficient (Wildman–Crippen LogP) is 3.83. The summed E-state index contributed by atoms with van der Waals surface area (Å²) in [5, 5.41) is 8.35. The minimum atomic E-state index is 0.917. The van der Waals surface area contributed by atoms with Crippen molar-refractivity contribution in [3.63, 3.8) is 0 Å². The van der Waals surface area contributed by atoms with Crippen LogP contribution in [0.3, 0.4) is 0 Å². The Morgan fingerprint density at radius 3 is 2.88 bits per heavy atom. The molecule has 4 heteroatoms. The Kier molecular flexibility index (Phi) is 3.30. The summed E-state index contributed by atoms with van der Waals surface area (Å²) in [5.41, 5.74) is 9.05. The van der Waals surface area contributed by atoms with Crippen LogP contribution in [-0.4, -0.2) is 16.5 Å². The van der Waals surface area contributed by atoms with Gasteiger partial charge in [0.25, 0.3) is 0 Å². The summed E-state index contributed by atoms with van der Waals surface area (Å²) in [6.45, 7) is 1.95. The van der Waals surface area contributed by atoms with Crippen LogP contribution >= 0.6 is 0 Å². The van der Waals surface area contributed by atoms with E-state index in [0.29, 0.717) is 0 Å². The first-order valence-corrected chi connectivity index (χ1v) is 8.96. The molecule has 3 N–H and O–H groups in total. The lowest BCUT2D eigenvalue weighted by atomic mass is 9.91. The van der Waals surface area contributed by atoms with Crippen molar-refractivity contribution >= 4 is 22.4 Å². The number of H-pyrrole nitrogens is 1. The van der Waals surface area contributed by atoms with Gasteiger partial charge in [-0.15, -0.1) is 0 Å². The van der Waals surface area contributed by atoms with Gasteiger partial charge in [0.1, 0.15) is 5.65 Å². The Morgan fingerprint density at radius 1 is 1.00 bits per heavy atom. The van der Waals surface area contributed by atoms with Gasteiger partial charge in [-0.25, -0.2) is 4.98 Å². The first kappa shape index (κ1) is 14.1. The van der Waals surface area contributed by atoms with E-state index in [1.165, 1.54) is 59.1 Å². The molecule has 122 valence electrons. The van der Waals surface area contributed by atoms with Gasteiger partial charge in [-0.3, -0.25) is 0 Å². The van der Waals surface area contributed by atoms with Gasteiger partial charge < -0.3 is 15.6 Å². The molecule has 0 spiro atoms. The van der Waals surface area contributed by atoms with Crippen molar-refractivity contribution in [3.05, 3.63) is 52.8 Å². The minimum absolute atomic E-state index is 0.917. The molecule has 24 heavy (non-hydrogen) atoms. The second-order valence-corrected chi connectivity index (χ2v) is 6.91. The molecular weight excluding hydrogens is 296 g/mol. The highest BCUT2D eigenvalue weighted by Gasteiger charge is 2.18. The van der Waals surface area contributed by atoms with E-state index in [0.717, 1.165) is 30.8 Å². The first-order valence-electron chi connectivity index (χ1n) is 8.96. The van der Waals surface area contributed by atoms with Crippen molar-refractivity contribution in [1.29, 1.82) is 0 Å². The number of aromatic amines is 1. The highest BCUT2D eigenvalue weighted by Crippen LogP contribution is 2.33. The van der Waals surface area contributed by atoms with E-state index in [9.17, 15) is 0 Å². The second kappa shape index (κ2) is 5.64. The Morgan fingerprint density at radius 2 is 1.92 bits per heavy atom. The lowest BCUT2D eigenvalue weighted by Gasteiger charge is -2.18. The molecule has 1 aliphatic carbocycles. The van der Waals surface area contributed by atoms with Crippen molar-refractivity contribution in [3.8, 4) is 0 Å². The molecule has 5 rings (SSSR count). The zero-order chi connectivity index (χ0) is 15.9. The normalized spacial score (nSPS) is 16.7. The third-order valence-corrected chi connectivity index (χ3v) is 5.37. The van der Waals surface area contributed by atoms with E-state index < -0.39 is 0 Å². The molecule has 1 aromatic carbocycles. The van der Waals surface area contributed by atoms with Crippen molar-refractivity contribution in [2.75, 3.05) is 11.9 Å². The van der Waals surface area contributed by atoms with E-state index >= 15 is 0 Å². The number of anilines is 2. The zero-order valence-corrected chi connectivity index (χ0v) is 13.8. The maximum absolute atomic E-state index is 4.54. The summed E-state index contributed by atoms with van der Waals surface area (Å²) >= 11 is 0. The van der Waals surface area contributed by atoms with E-state index in [2.05, 4.69) is 44.9 Å². The number of aromatic nitrogens is 2. The number of hydrogen-bond acceptors (Lipinski definition) is 3. The lowest BCUT2D eigenvalue weighted by molar-refractivity contribution is 0.641.